The van der Waals surface area contributed by atoms with E-state index in [4.69, 9.17) is 9.47 Å². The van der Waals surface area contributed by atoms with E-state index in [1.807, 2.05) is 38.1 Å². The maximum Gasteiger partial charge on any atom is 0.337 e. The Balaban J connectivity index is 1.77. The molecule has 3 aromatic rings. The number of esters is 1. The molecule has 1 aliphatic rings. The van der Waals surface area contributed by atoms with Gasteiger partial charge in [-0.05, 0) is 43.7 Å². The SMILES string of the molecule is COC(=O)c1ccc(C2=CN(S(=O)(=O)c3ccc(C)cc3)C(c3ccc(C)cc3)CO2)cc1. The number of aryl methyl sites for hydroxylation is 2. The van der Waals surface area contributed by atoms with E-state index in [9.17, 15) is 13.2 Å². The Morgan fingerprint density at radius 2 is 1.48 bits per heavy atom. The molecular formula is C26H25NO5S. The second kappa shape index (κ2) is 9.11. The van der Waals surface area contributed by atoms with Gasteiger partial charge in [0.2, 0.25) is 0 Å². The van der Waals surface area contributed by atoms with Gasteiger partial charge in [-0.3, -0.25) is 4.31 Å². The standard InChI is InChI=1S/C26H25NO5S/c1-18-4-8-20(9-5-18)24-17-32-25(21-10-12-22(13-11-21)26(28)31-3)16-27(24)33(29,30)23-14-6-19(2)7-15-23/h4-16,24H,17H2,1-3H3. The quantitative estimate of drug-likeness (QED) is 0.506. The molecule has 4 rings (SSSR count). The average Bonchev–Trinajstić information content (AvgIpc) is 2.84. The third kappa shape index (κ3) is 4.64. The minimum atomic E-state index is -3.85. The molecule has 0 saturated carbocycles. The molecule has 0 saturated heterocycles. The summed E-state index contributed by atoms with van der Waals surface area (Å²) < 4.78 is 39.5. The van der Waals surface area contributed by atoms with Crippen molar-refractivity contribution in [1.29, 1.82) is 0 Å². The van der Waals surface area contributed by atoms with E-state index < -0.39 is 22.0 Å². The number of rotatable bonds is 5. The number of hydrogen-bond acceptors (Lipinski definition) is 5. The second-order valence-electron chi connectivity index (χ2n) is 7.95. The molecule has 6 nitrogen and oxygen atoms in total. The lowest BCUT2D eigenvalue weighted by atomic mass is 10.0. The largest absolute Gasteiger partial charge is 0.489 e. The van der Waals surface area contributed by atoms with Gasteiger partial charge in [0.1, 0.15) is 18.4 Å². The zero-order chi connectivity index (χ0) is 23.6. The summed E-state index contributed by atoms with van der Waals surface area (Å²) in [6.07, 6.45) is 1.52. The van der Waals surface area contributed by atoms with Gasteiger partial charge in [0.15, 0.2) is 0 Å². The van der Waals surface area contributed by atoms with Crippen LogP contribution in [0.5, 0.6) is 0 Å². The van der Waals surface area contributed by atoms with Crippen molar-refractivity contribution in [3.8, 4) is 0 Å². The fourth-order valence-corrected chi connectivity index (χ4v) is 5.11. The number of ether oxygens (including phenoxy) is 2. The van der Waals surface area contributed by atoms with Gasteiger partial charge in [-0.15, -0.1) is 0 Å². The Kier molecular flexibility index (Phi) is 6.24. The monoisotopic (exact) mass is 463 g/mol. The maximum absolute atomic E-state index is 13.7. The summed E-state index contributed by atoms with van der Waals surface area (Å²) in [6.45, 7) is 4.05. The van der Waals surface area contributed by atoms with E-state index in [1.165, 1.54) is 17.6 Å². The first-order valence-corrected chi connectivity index (χ1v) is 11.9. The summed E-state index contributed by atoms with van der Waals surface area (Å²) in [5.41, 5.74) is 3.97. The zero-order valence-electron chi connectivity index (χ0n) is 18.7. The molecular weight excluding hydrogens is 438 g/mol. The first kappa shape index (κ1) is 22.6. The van der Waals surface area contributed by atoms with Crippen molar-refractivity contribution >= 4 is 21.8 Å². The zero-order valence-corrected chi connectivity index (χ0v) is 19.5. The Labute approximate surface area is 194 Å². The summed E-state index contributed by atoms with van der Waals surface area (Å²) in [6, 6.07) is 20.7. The topological polar surface area (TPSA) is 72.9 Å². The summed E-state index contributed by atoms with van der Waals surface area (Å²) in [5.74, 6) is -0.0337. The van der Waals surface area contributed by atoms with Gasteiger partial charge >= 0.3 is 5.97 Å². The molecule has 170 valence electrons. The molecule has 1 aliphatic heterocycles. The number of carbonyl (C=O) groups is 1. The van der Waals surface area contributed by atoms with Crippen LogP contribution in [0.15, 0.2) is 83.9 Å². The fraction of sp³-hybridized carbons (Fsp3) is 0.192. The van der Waals surface area contributed by atoms with Gasteiger partial charge in [-0.2, -0.15) is 0 Å². The van der Waals surface area contributed by atoms with Crippen molar-refractivity contribution in [2.75, 3.05) is 13.7 Å². The van der Waals surface area contributed by atoms with Crippen LogP contribution in [-0.2, 0) is 19.5 Å². The highest BCUT2D eigenvalue weighted by atomic mass is 32.2. The lowest BCUT2D eigenvalue weighted by Gasteiger charge is -2.35. The lowest BCUT2D eigenvalue weighted by Crippen LogP contribution is -2.36. The molecule has 0 bridgehead atoms. The molecule has 0 N–H and O–H groups in total. The number of benzene rings is 3. The van der Waals surface area contributed by atoms with Crippen molar-refractivity contribution < 1.29 is 22.7 Å². The Morgan fingerprint density at radius 3 is 2.06 bits per heavy atom. The van der Waals surface area contributed by atoms with Crippen LogP contribution in [0.25, 0.3) is 5.76 Å². The Morgan fingerprint density at radius 1 is 0.909 bits per heavy atom. The van der Waals surface area contributed by atoms with E-state index in [0.717, 1.165) is 16.7 Å². The third-order valence-electron chi connectivity index (χ3n) is 5.60. The van der Waals surface area contributed by atoms with E-state index in [0.29, 0.717) is 16.9 Å². The number of carbonyl (C=O) groups excluding carboxylic acids is 1. The highest BCUT2D eigenvalue weighted by Crippen LogP contribution is 2.35. The maximum atomic E-state index is 13.7. The molecule has 1 heterocycles. The van der Waals surface area contributed by atoms with Crippen LogP contribution in [0.1, 0.15) is 38.7 Å². The number of nitrogens with zero attached hydrogens (tertiary/aromatic N) is 1. The molecule has 33 heavy (non-hydrogen) atoms. The summed E-state index contributed by atoms with van der Waals surface area (Å²) >= 11 is 0. The molecule has 0 spiro atoms. The predicted molar refractivity (Wildman–Crippen MR) is 126 cm³/mol. The first-order valence-electron chi connectivity index (χ1n) is 10.5. The van der Waals surface area contributed by atoms with Gasteiger partial charge in [0.25, 0.3) is 10.0 Å². The van der Waals surface area contributed by atoms with Crippen molar-refractivity contribution in [3.05, 3.63) is 107 Å². The molecule has 0 amide bonds. The summed E-state index contributed by atoms with van der Waals surface area (Å²) in [5, 5.41) is 0. The van der Waals surface area contributed by atoms with Crippen molar-refractivity contribution in [3.63, 3.8) is 0 Å². The fourth-order valence-electron chi connectivity index (χ4n) is 3.63. The van der Waals surface area contributed by atoms with Gasteiger partial charge in [-0.25, -0.2) is 13.2 Å². The number of hydrogen-bond donors (Lipinski definition) is 0. The van der Waals surface area contributed by atoms with Crippen molar-refractivity contribution in [1.82, 2.24) is 4.31 Å². The van der Waals surface area contributed by atoms with Gasteiger partial charge in [0.05, 0.1) is 23.8 Å². The normalized spacial score (nSPS) is 16.0. The molecule has 3 aromatic carbocycles. The number of sulfonamides is 1. The molecule has 0 radical (unpaired) electrons. The molecule has 7 heteroatoms. The van der Waals surface area contributed by atoms with Crippen LogP contribution >= 0.6 is 0 Å². The predicted octanol–water partition coefficient (Wildman–Crippen LogP) is 4.85. The summed E-state index contributed by atoms with van der Waals surface area (Å²) in [4.78, 5) is 11.9. The molecule has 0 fully saturated rings. The first-order chi connectivity index (χ1) is 15.8. The van der Waals surface area contributed by atoms with Crippen LogP contribution < -0.4 is 0 Å². The van der Waals surface area contributed by atoms with Crippen LogP contribution in [0.3, 0.4) is 0 Å². The molecule has 1 unspecified atom stereocenters. The van der Waals surface area contributed by atoms with Crippen molar-refractivity contribution in [2.45, 2.75) is 24.8 Å². The molecule has 1 atom stereocenters. The smallest absolute Gasteiger partial charge is 0.337 e. The average molecular weight is 464 g/mol. The van der Waals surface area contributed by atoms with E-state index in [1.54, 1.807) is 48.5 Å². The second-order valence-corrected chi connectivity index (χ2v) is 9.79. The van der Waals surface area contributed by atoms with Crippen LogP contribution in [0.2, 0.25) is 0 Å². The molecule has 0 aromatic heterocycles. The minimum Gasteiger partial charge on any atom is -0.489 e. The summed E-state index contributed by atoms with van der Waals surface area (Å²) in [7, 11) is -2.53. The van der Waals surface area contributed by atoms with Crippen LogP contribution in [-0.4, -0.2) is 32.4 Å². The van der Waals surface area contributed by atoms with Gasteiger partial charge in [0, 0.05) is 5.56 Å². The van der Waals surface area contributed by atoms with E-state index >= 15 is 0 Å². The third-order valence-corrected chi connectivity index (χ3v) is 7.38. The van der Waals surface area contributed by atoms with Crippen molar-refractivity contribution in [2.24, 2.45) is 0 Å². The minimum absolute atomic E-state index is 0.152. The lowest BCUT2D eigenvalue weighted by molar-refractivity contribution is 0.0600. The van der Waals surface area contributed by atoms with Crippen LogP contribution in [0.4, 0.5) is 0 Å². The van der Waals surface area contributed by atoms with E-state index in [2.05, 4.69) is 0 Å². The highest BCUT2D eigenvalue weighted by Gasteiger charge is 2.34. The highest BCUT2D eigenvalue weighted by molar-refractivity contribution is 7.89. The molecule has 0 aliphatic carbocycles. The van der Waals surface area contributed by atoms with E-state index in [-0.39, 0.29) is 11.5 Å². The Bertz CT molecular complexity index is 1280. The Hall–Kier alpha value is -3.58. The van der Waals surface area contributed by atoms with Crippen LogP contribution in [0, 0.1) is 13.8 Å². The van der Waals surface area contributed by atoms with Gasteiger partial charge in [-0.1, -0.05) is 59.7 Å². The number of methoxy groups -OCH3 is 1. The van der Waals surface area contributed by atoms with Gasteiger partial charge < -0.3 is 9.47 Å².